The molecule has 0 saturated carbocycles. The van der Waals surface area contributed by atoms with E-state index in [1.807, 2.05) is 6.07 Å². The van der Waals surface area contributed by atoms with E-state index in [9.17, 15) is 13.2 Å². The predicted molar refractivity (Wildman–Crippen MR) is 106 cm³/mol. The molecule has 1 amide bonds. The van der Waals surface area contributed by atoms with Crippen LogP contribution in [0.2, 0.25) is 0 Å². The van der Waals surface area contributed by atoms with Crippen molar-refractivity contribution in [3.05, 3.63) is 84.2 Å². The summed E-state index contributed by atoms with van der Waals surface area (Å²) in [4.78, 5) is 16.3. The highest BCUT2D eigenvalue weighted by Crippen LogP contribution is 2.19. The van der Waals surface area contributed by atoms with Crippen molar-refractivity contribution in [1.82, 2.24) is 10.3 Å². The van der Waals surface area contributed by atoms with Crippen molar-refractivity contribution in [2.75, 3.05) is 11.8 Å². The minimum absolute atomic E-state index is 0.0622. The summed E-state index contributed by atoms with van der Waals surface area (Å²) < 4.78 is 32.5. The van der Waals surface area contributed by atoms with Gasteiger partial charge >= 0.3 is 0 Å². The number of carbonyl (C=O) groups is 1. The summed E-state index contributed by atoms with van der Waals surface area (Å²) >= 11 is 0. The fourth-order valence-corrected chi connectivity index (χ4v) is 3.50. The van der Waals surface area contributed by atoms with Gasteiger partial charge in [0.15, 0.2) is 0 Å². The summed E-state index contributed by atoms with van der Waals surface area (Å²) in [6.07, 6.45) is 3.32. The maximum absolute atomic E-state index is 12.5. The van der Waals surface area contributed by atoms with Crippen LogP contribution in [-0.2, 0) is 16.6 Å². The molecule has 7 nitrogen and oxygen atoms in total. The van der Waals surface area contributed by atoms with E-state index in [1.54, 1.807) is 42.7 Å². The summed E-state index contributed by atoms with van der Waals surface area (Å²) in [6, 6.07) is 15.9. The lowest BCUT2D eigenvalue weighted by molar-refractivity contribution is 0.0951. The molecule has 28 heavy (non-hydrogen) atoms. The third kappa shape index (κ3) is 4.86. The first-order chi connectivity index (χ1) is 13.5. The molecule has 8 heteroatoms. The van der Waals surface area contributed by atoms with Crippen molar-refractivity contribution in [3.63, 3.8) is 0 Å². The Balaban J connectivity index is 1.65. The Morgan fingerprint density at radius 1 is 1.04 bits per heavy atom. The van der Waals surface area contributed by atoms with Crippen LogP contribution in [0.1, 0.15) is 15.9 Å². The summed E-state index contributed by atoms with van der Waals surface area (Å²) in [5.41, 5.74) is 1.66. The lowest BCUT2D eigenvalue weighted by atomic mass is 10.2. The highest BCUT2D eigenvalue weighted by molar-refractivity contribution is 7.92. The summed E-state index contributed by atoms with van der Waals surface area (Å²) in [5.74, 6) is 0.334. The fourth-order valence-electron chi connectivity index (χ4n) is 2.45. The first kappa shape index (κ1) is 19.4. The van der Waals surface area contributed by atoms with Crippen molar-refractivity contribution < 1.29 is 17.9 Å². The van der Waals surface area contributed by atoms with Crippen molar-refractivity contribution in [1.29, 1.82) is 0 Å². The van der Waals surface area contributed by atoms with Gasteiger partial charge in [0.2, 0.25) is 0 Å². The highest BCUT2D eigenvalue weighted by Gasteiger charge is 2.15. The number of aromatic nitrogens is 1. The molecule has 3 rings (SSSR count). The second-order valence-electron chi connectivity index (χ2n) is 5.90. The number of sulfonamides is 1. The van der Waals surface area contributed by atoms with Crippen molar-refractivity contribution in [2.45, 2.75) is 11.4 Å². The topological polar surface area (TPSA) is 97.4 Å². The zero-order chi connectivity index (χ0) is 20.0. The summed E-state index contributed by atoms with van der Waals surface area (Å²) in [5, 5.41) is 2.77. The SMILES string of the molecule is COc1ccc(NS(=O)(=O)c2ccc(C(=O)NCc3cccnc3)cc2)cc1. The third-order valence-electron chi connectivity index (χ3n) is 3.94. The molecule has 0 saturated heterocycles. The Morgan fingerprint density at radius 3 is 2.36 bits per heavy atom. The van der Waals surface area contributed by atoms with Gasteiger partial charge in [0.25, 0.3) is 15.9 Å². The van der Waals surface area contributed by atoms with E-state index in [0.29, 0.717) is 23.5 Å². The van der Waals surface area contributed by atoms with Gasteiger partial charge in [-0.1, -0.05) is 6.07 Å². The van der Waals surface area contributed by atoms with Gasteiger partial charge < -0.3 is 10.1 Å². The molecule has 0 bridgehead atoms. The van der Waals surface area contributed by atoms with Gasteiger partial charge in [-0.25, -0.2) is 8.42 Å². The van der Waals surface area contributed by atoms with Gasteiger partial charge in [-0.2, -0.15) is 0 Å². The molecule has 2 N–H and O–H groups in total. The monoisotopic (exact) mass is 397 g/mol. The lowest BCUT2D eigenvalue weighted by Crippen LogP contribution is -2.23. The molecular weight excluding hydrogens is 378 g/mol. The predicted octanol–water partition coefficient (Wildman–Crippen LogP) is 2.82. The Kier molecular flexibility index (Phi) is 5.90. The van der Waals surface area contributed by atoms with Crippen molar-refractivity contribution in [3.8, 4) is 5.75 Å². The van der Waals surface area contributed by atoms with Crippen molar-refractivity contribution in [2.24, 2.45) is 0 Å². The van der Waals surface area contributed by atoms with Crippen LogP contribution in [-0.4, -0.2) is 26.4 Å². The van der Waals surface area contributed by atoms with E-state index in [1.165, 1.54) is 31.4 Å². The number of amides is 1. The molecule has 0 fully saturated rings. The fraction of sp³-hybridized carbons (Fsp3) is 0.100. The third-order valence-corrected chi connectivity index (χ3v) is 5.34. The molecule has 0 atom stereocenters. The molecule has 0 aliphatic carbocycles. The van der Waals surface area contributed by atoms with E-state index >= 15 is 0 Å². The quantitative estimate of drug-likeness (QED) is 0.639. The largest absolute Gasteiger partial charge is 0.497 e. The molecule has 0 radical (unpaired) electrons. The number of pyridine rings is 1. The highest BCUT2D eigenvalue weighted by atomic mass is 32.2. The Hall–Kier alpha value is -3.39. The first-order valence-electron chi connectivity index (χ1n) is 8.42. The lowest BCUT2D eigenvalue weighted by Gasteiger charge is -2.10. The molecule has 3 aromatic rings. The molecule has 0 unspecified atom stereocenters. The van der Waals surface area contributed by atoms with E-state index in [-0.39, 0.29) is 10.8 Å². The standard InChI is InChI=1S/C20H19N3O4S/c1-27-18-8-6-17(7-9-18)23-28(25,26)19-10-4-16(5-11-19)20(24)22-14-15-3-2-12-21-13-15/h2-13,23H,14H2,1H3,(H,22,24). The second-order valence-corrected chi connectivity index (χ2v) is 7.58. The van der Waals surface area contributed by atoms with Crippen LogP contribution in [0.15, 0.2) is 78.0 Å². The molecule has 1 aromatic heterocycles. The average Bonchev–Trinajstić information content (AvgIpc) is 2.73. The van der Waals surface area contributed by atoms with Gasteiger partial charge in [-0.05, 0) is 60.2 Å². The van der Waals surface area contributed by atoms with Crippen LogP contribution in [0, 0.1) is 0 Å². The average molecular weight is 397 g/mol. The Labute approximate surface area is 163 Å². The van der Waals surface area contributed by atoms with Crippen LogP contribution in [0.4, 0.5) is 5.69 Å². The van der Waals surface area contributed by atoms with E-state index in [4.69, 9.17) is 4.74 Å². The molecule has 0 aliphatic heterocycles. The first-order valence-corrected chi connectivity index (χ1v) is 9.90. The number of carbonyl (C=O) groups excluding carboxylic acids is 1. The molecule has 0 aliphatic rings. The maximum Gasteiger partial charge on any atom is 0.261 e. The van der Waals surface area contributed by atoms with Crippen LogP contribution in [0.5, 0.6) is 5.75 Å². The molecule has 0 spiro atoms. The maximum atomic E-state index is 12.5. The number of methoxy groups -OCH3 is 1. The number of nitrogens with one attached hydrogen (secondary N) is 2. The summed E-state index contributed by atoms with van der Waals surface area (Å²) in [6.45, 7) is 0.339. The summed E-state index contributed by atoms with van der Waals surface area (Å²) in [7, 11) is -2.23. The number of anilines is 1. The van der Waals surface area contributed by atoms with Gasteiger partial charge in [0.1, 0.15) is 5.75 Å². The van der Waals surface area contributed by atoms with Gasteiger partial charge in [0, 0.05) is 30.2 Å². The molecular formula is C20H19N3O4S. The minimum Gasteiger partial charge on any atom is -0.497 e. The van der Waals surface area contributed by atoms with Crippen molar-refractivity contribution >= 4 is 21.6 Å². The smallest absolute Gasteiger partial charge is 0.261 e. The number of rotatable bonds is 7. The van der Waals surface area contributed by atoms with E-state index in [0.717, 1.165) is 5.56 Å². The molecule has 1 heterocycles. The number of hydrogen-bond acceptors (Lipinski definition) is 5. The van der Waals surface area contributed by atoms with E-state index < -0.39 is 10.0 Å². The van der Waals surface area contributed by atoms with Gasteiger partial charge in [0.05, 0.1) is 12.0 Å². The minimum atomic E-state index is -3.76. The van der Waals surface area contributed by atoms with Crippen LogP contribution in [0.3, 0.4) is 0 Å². The number of benzene rings is 2. The second kappa shape index (κ2) is 8.53. The number of nitrogens with zero attached hydrogens (tertiary/aromatic N) is 1. The van der Waals surface area contributed by atoms with Crippen LogP contribution >= 0.6 is 0 Å². The Bertz CT molecular complexity index is 1040. The zero-order valence-corrected chi connectivity index (χ0v) is 15.9. The number of ether oxygens (including phenoxy) is 1. The van der Waals surface area contributed by atoms with Crippen LogP contribution < -0.4 is 14.8 Å². The number of hydrogen-bond donors (Lipinski definition) is 2. The van der Waals surface area contributed by atoms with Gasteiger partial charge in [-0.15, -0.1) is 0 Å². The zero-order valence-electron chi connectivity index (χ0n) is 15.1. The van der Waals surface area contributed by atoms with Gasteiger partial charge in [-0.3, -0.25) is 14.5 Å². The normalized spacial score (nSPS) is 10.9. The van der Waals surface area contributed by atoms with Crippen LogP contribution in [0.25, 0.3) is 0 Å². The Morgan fingerprint density at radius 2 is 1.75 bits per heavy atom. The van der Waals surface area contributed by atoms with E-state index in [2.05, 4.69) is 15.0 Å². The molecule has 2 aromatic carbocycles. The molecule has 144 valence electrons.